The minimum Gasteiger partial charge on any atom is -0.394 e. The Kier molecular flexibility index (Phi) is 8.86. The van der Waals surface area contributed by atoms with Crippen LogP contribution >= 0.6 is 0 Å². The van der Waals surface area contributed by atoms with Crippen molar-refractivity contribution < 1.29 is 37.0 Å². The molecule has 1 aliphatic heterocycles. The Hall–Kier alpha value is -2.63. The van der Waals surface area contributed by atoms with E-state index in [-0.39, 0.29) is 18.1 Å². The maximum atomic E-state index is 13.1. The number of hydrogen-bond donors (Lipinski definition) is 2. The Labute approximate surface area is 211 Å². The molecule has 5 atom stereocenters. The van der Waals surface area contributed by atoms with Crippen molar-refractivity contribution in [2.24, 2.45) is 0 Å². The van der Waals surface area contributed by atoms with Crippen LogP contribution in [0.15, 0.2) is 89.8 Å². The van der Waals surface area contributed by atoms with Gasteiger partial charge in [-0.2, -0.15) is 8.42 Å². The van der Waals surface area contributed by atoms with Crippen LogP contribution in [0, 0.1) is 6.92 Å². The summed E-state index contributed by atoms with van der Waals surface area (Å²) < 4.78 is 49.5. The molecule has 192 valence electrons. The number of ether oxygens (including phenoxy) is 3. The molecule has 3 aromatic carbocycles. The highest BCUT2D eigenvalue weighted by atomic mass is 32.2. The lowest BCUT2D eigenvalue weighted by Crippen LogP contribution is -2.61. The normalized spacial score (nSPS) is 24.5. The first-order valence-corrected chi connectivity index (χ1v) is 13.0. The highest BCUT2D eigenvalue weighted by Crippen LogP contribution is 2.31. The Morgan fingerprint density at radius 2 is 1.31 bits per heavy atom. The van der Waals surface area contributed by atoms with E-state index in [1.807, 2.05) is 67.6 Å². The van der Waals surface area contributed by atoms with Gasteiger partial charge in [0.05, 0.1) is 24.7 Å². The zero-order valence-electron chi connectivity index (χ0n) is 19.8. The van der Waals surface area contributed by atoms with E-state index in [1.54, 1.807) is 12.1 Å². The van der Waals surface area contributed by atoms with Crippen molar-refractivity contribution in [1.82, 2.24) is 0 Å². The van der Waals surface area contributed by atoms with Gasteiger partial charge in [0.2, 0.25) is 0 Å². The molecule has 1 fully saturated rings. The highest BCUT2D eigenvalue weighted by Gasteiger charge is 2.49. The third-order valence-corrected chi connectivity index (χ3v) is 7.23. The zero-order chi connectivity index (χ0) is 25.5. The molecule has 0 aromatic heterocycles. The summed E-state index contributed by atoms with van der Waals surface area (Å²) in [5.41, 5.74) is 2.58. The highest BCUT2D eigenvalue weighted by molar-refractivity contribution is 7.86. The fourth-order valence-corrected chi connectivity index (χ4v) is 5.07. The summed E-state index contributed by atoms with van der Waals surface area (Å²) in [6.45, 7) is 1.48. The van der Waals surface area contributed by atoms with Crippen LogP contribution in [0.25, 0.3) is 0 Å². The fraction of sp³-hybridized carbons (Fsp3) is 0.333. The van der Waals surface area contributed by atoms with Crippen LogP contribution in [0.4, 0.5) is 0 Å². The molecule has 0 unspecified atom stereocenters. The van der Waals surface area contributed by atoms with E-state index in [0.717, 1.165) is 16.7 Å². The zero-order valence-corrected chi connectivity index (χ0v) is 20.7. The third kappa shape index (κ3) is 6.57. The Bertz CT molecular complexity index is 1190. The molecule has 3 aromatic rings. The summed E-state index contributed by atoms with van der Waals surface area (Å²) in [4.78, 5) is -0.0422. The van der Waals surface area contributed by atoms with Gasteiger partial charge in [-0.25, -0.2) is 0 Å². The van der Waals surface area contributed by atoms with Crippen molar-refractivity contribution in [3.8, 4) is 0 Å². The van der Waals surface area contributed by atoms with Gasteiger partial charge >= 0.3 is 0 Å². The molecule has 36 heavy (non-hydrogen) atoms. The Morgan fingerprint density at radius 3 is 1.83 bits per heavy atom. The second-order valence-corrected chi connectivity index (χ2v) is 10.2. The number of aryl methyl sites for hydroxylation is 1. The summed E-state index contributed by atoms with van der Waals surface area (Å²) in [7, 11) is -4.25. The largest absolute Gasteiger partial charge is 0.394 e. The van der Waals surface area contributed by atoms with Crippen LogP contribution < -0.4 is 0 Å². The van der Waals surface area contributed by atoms with Crippen LogP contribution in [0.5, 0.6) is 0 Å². The molecular formula is C27H30O8S. The number of aliphatic hydroxyl groups excluding tert-OH is 2. The number of hydrogen-bond acceptors (Lipinski definition) is 8. The van der Waals surface area contributed by atoms with Crippen LogP contribution in [-0.2, 0) is 41.7 Å². The summed E-state index contributed by atoms with van der Waals surface area (Å²) in [6.07, 6.45) is -6.09. The standard InChI is InChI=1S/C27H30O8S/c1-19-12-14-22(15-13-19)36(30,31)35-24-23(16-28)34-27(29)26(33-18-21-10-6-3-7-11-21)25(24)32-17-20-8-4-2-5-9-20/h2-15,23-29H,16-18H2,1H3/t23-,24-,25+,26-,27-/m1/s1. The molecule has 0 amide bonds. The first-order chi connectivity index (χ1) is 17.4. The van der Waals surface area contributed by atoms with Crippen molar-refractivity contribution in [2.75, 3.05) is 6.61 Å². The number of aliphatic hydroxyl groups is 2. The van der Waals surface area contributed by atoms with Crippen molar-refractivity contribution in [2.45, 2.75) is 55.7 Å². The smallest absolute Gasteiger partial charge is 0.297 e. The predicted molar refractivity (Wildman–Crippen MR) is 131 cm³/mol. The lowest BCUT2D eigenvalue weighted by atomic mass is 9.98. The number of rotatable bonds is 10. The van der Waals surface area contributed by atoms with Gasteiger partial charge in [-0.3, -0.25) is 4.18 Å². The van der Waals surface area contributed by atoms with Gasteiger partial charge in [-0.05, 0) is 30.2 Å². The minimum absolute atomic E-state index is 0.0422. The van der Waals surface area contributed by atoms with Crippen molar-refractivity contribution in [1.29, 1.82) is 0 Å². The molecule has 0 bridgehead atoms. The van der Waals surface area contributed by atoms with E-state index in [2.05, 4.69) is 0 Å². The van der Waals surface area contributed by atoms with Crippen LogP contribution in [0.3, 0.4) is 0 Å². The molecule has 0 radical (unpaired) electrons. The average molecular weight is 515 g/mol. The molecule has 0 spiro atoms. The van der Waals surface area contributed by atoms with Gasteiger partial charge < -0.3 is 24.4 Å². The molecule has 9 heteroatoms. The van der Waals surface area contributed by atoms with Crippen molar-refractivity contribution in [3.05, 3.63) is 102 Å². The third-order valence-electron chi connectivity index (χ3n) is 5.91. The maximum Gasteiger partial charge on any atom is 0.297 e. The summed E-state index contributed by atoms with van der Waals surface area (Å²) in [5, 5.41) is 20.7. The van der Waals surface area contributed by atoms with Gasteiger partial charge in [-0.1, -0.05) is 78.4 Å². The van der Waals surface area contributed by atoms with Crippen LogP contribution in [0.2, 0.25) is 0 Å². The summed E-state index contributed by atoms with van der Waals surface area (Å²) in [6, 6.07) is 24.8. The lowest BCUT2D eigenvalue weighted by Gasteiger charge is -2.43. The van der Waals surface area contributed by atoms with Gasteiger partial charge in [-0.15, -0.1) is 0 Å². The monoisotopic (exact) mass is 514 g/mol. The van der Waals surface area contributed by atoms with E-state index in [1.165, 1.54) is 12.1 Å². The van der Waals surface area contributed by atoms with E-state index in [0.29, 0.717) is 0 Å². The maximum absolute atomic E-state index is 13.1. The Morgan fingerprint density at radius 1 is 0.778 bits per heavy atom. The summed E-state index contributed by atoms with van der Waals surface area (Å²) >= 11 is 0. The molecular weight excluding hydrogens is 484 g/mol. The van der Waals surface area contributed by atoms with Crippen molar-refractivity contribution in [3.63, 3.8) is 0 Å². The first-order valence-electron chi connectivity index (χ1n) is 11.6. The lowest BCUT2D eigenvalue weighted by molar-refractivity contribution is -0.302. The van der Waals surface area contributed by atoms with Gasteiger partial charge in [0, 0.05) is 0 Å². The van der Waals surface area contributed by atoms with Gasteiger partial charge in [0.15, 0.2) is 6.29 Å². The molecule has 1 aliphatic rings. The predicted octanol–water partition coefficient (Wildman–Crippen LogP) is 2.95. The molecule has 8 nitrogen and oxygen atoms in total. The summed E-state index contributed by atoms with van der Waals surface area (Å²) in [5.74, 6) is 0. The molecule has 1 heterocycles. The van der Waals surface area contributed by atoms with E-state index in [9.17, 15) is 18.6 Å². The van der Waals surface area contributed by atoms with E-state index in [4.69, 9.17) is 18.4 Å². The second kappa shape index (κ2) is 12.1. The molecule has 4 rings (SSSR count). The fourth-order valence-electron chi connectivity index (χ4n) is 3.97. The SMILES string of the molecule is Cc1ccc(S(=O)(=O)O[C@H]2[C@H](OCc3ccccc3)[C@@H](OCc3ccccc3)[C@H](O)O[C@@H]2CO)cc1. The average Bonchev–Trinajstić information content (AvgIpc) is 2.89. The Balaban J connectivity index is 1.62. The van der Waals surface area contributed by atoms with E-state index >= 15 is 0 Å². The van der Waals surface area contributed by atoms with Crippen LogP contribution in [-0.4, -0.2) is 55.9 Å². The first kappa shape index (κ1) is 26.4. The van der Waals surface area contributed by atoms with Gasteiger partial charge in [0.25, 0.3) is 10.1 Å². The minimum atomic E-state index is -4.25. The topological polar surface area (TPSA) is 112 Å². The molecule has 2 N–H and O–H groups in total. The quantitative estimate of drug-likeness (QED) is 0.397. The molecule has 0 saturated carbocycles. The molecule has 1 saturated heterocycles. The molecule has 0 aliphatic carbocycles. The number of benzene rings is 3. The van der Waals surface area contributed by atoms with Gasteiger partial charge in [0.1, 0.15) is 24.4 Å². The second-order valence-electron chi connectivity index (χ2n) is 8.60. The van der Waals surface area contributed by atoms with Crippen LogP contribution in [0.1, 0.15) is 16.7 Å². The van der Waals surface area contributed by atoms with Crippen molar-refractivity contribution >= 4 is 10.1 Å². The van der Waals surface area contributed by atoms with E-state index < -0.39 is 47.4 Å².